The molecule has 2 aromatic carbocycles. The molecule has 1 aliphatic rings. The highest BCUT2D eigenvalue weighted by atomic mass is 28.4. The van der Waals surface area contributed by atoms with Gasteiger partial charge in [-0.3, -0.25) is 9.59 Å². The van der Waals surface area contributed by atoms with Crippen LogP contribution in [0.1, 0.15) is 62.3 Å². The highest BCUT2D eigenvalue weighted by molar-refractivity contribution is 6.75. The molecule has 5 nitrogen and oxygen atoms in total. The molecule has 0 saturated carbocycles. The van der Waals surface area contributed by atoms with Gasteiger partial charge >= 0.3 is 0 Å². The highest BCUT2D eigenvalue weighted by Gasteiger charge is 2.42. The summed E-state index contributed by atoms with van der Waals surface area (Å²) in [6.07, 6.45) is 0. The Hall–Kier alpha value is -2.46. The summed E-state index contributed by atoms with van der Waals surface area (Å²) in [7, 11) is -4.43. The van der Waals surface area contributed by atoms with Gasteiger partial charge < -0.3 is 8.85 Å². The van der Waals surface area contributed by atoms with Crippen LogP contribution in [0.15, 0.2) is 36.4 Å². The normalized spacial score (nSPS) is 15.0. The number of benzene rings is 2. The van der Waals surface area contributed by atoms with Crippen molar-refractivity contribution in [1.29, 1.82) is 0 Å². The number of halogens is 1. The third-order valence-electron chi connectivity index (χ3n) is 7.33. The monoisotopic (exact) mass is 501 g/mol. The Morgan fingerprint density at radius 3 is 1.59 bits per heavy atom. The Kier molecular flexibility index (Phi) is 6.41. The van der Waals surface area contributed by atoms with E-state index in [4.69, 9.17) is 8.85 Å². The van der Waals surface area contributed by atoms with Crippen molar-refractivity contribution in [2.75, 3.05) is 4.90 Å². The third kappa shape index (κ3) is 4.84. The Bertz CT molecular complexity index is 1100. The summed E-state index contributed by atoms with van der Waals surface area (Å²) in [5, 5.41) is -0.0903. The molecule has 8 heteroatoms. The average molecular weight is 502 g/mol. The molecular formula is C26H36FNO4Si2. The maximum atomic E-state index is 13.8. The first-order chi connectivity index (χ1) is 15.3. The lowest BCUT2D eigenvalue weighted by Crippen LogP contribution is -2.44. The van der Waals surface area contributed by atoms with Crippen molar-refractivity contribution >= 4 is 34.1 Å². The lowest BCUT2D eigenvalue weighted by atomic mass is 10.1. The van der Waals surface area contributed by atoms with E-state index < -0.39 is 34.3 Å². The number of rotatable bonds is 5. The summed E-state index contributed by atoms with van der Waals surface area (Å²) in [4.78, 5) is 27.4. The first-order valence-electron chi connectivity index (χ1n) is 11.6. The van der Waals surface area contributed by atoms with E-state index >= 15 is 0 Å². The third-order valence-corrected chi connectivity index (χ3v) is 16.0. The van der Waals surface area contributed by atoms with Gasteiger partial charge in [-0.05, 0) is 54.5 Å². The van der Waals surface area contributed by atoms with Crippen molar-refractivity contribution in [3.05, 3.63) is 53.3 Å². The molecule has 0 N–H and O–H groups in total. The van der Waals surface area contributed by atoms with Crippen LogP contribution in [0.4, 0.5) is 10.1 Å². The van der Waals surface area contributed by atoms with E-state index in [0.29, 0.717) is 17.2 Å². The van der Waals surface area contributed by atoms with Gasteiger partial charge in [0.05, 0.1) is 16.8 Å². The molecule has 1 heterocycles. The van der Waals surface area contributed by atoms with Crippen LogP contribution in [0.3, 0.4) is 0 Å². The summed E-state index contributed by atoms with van der Waals surface area (Å²) >= 11 is 0. The second kappa shape index (κ2) is 8.34. The van der Waals surface area contributed by atoms with Gasteiger partial charge in [-0.25, -0.2) is 9.29 Å². The number of imide groups is 1. The number of hydrogen-bond donors (Lipinski definition) is 0. The van der Waals surface area contributed by atoms with Gasteiger partial charge in [0.15, 0.2) is 0 Å². The summed E-state index contributed by atoms with van der Waals surface area (Å²) < 4.78 is 26.9. The quantitative estimate of drug-likeness (QED) is 0.316. The molecule has 1 aliphatic heterocycles. The number of anilines is 1. The van der Waals surface area contributed by atoms with Crippen molar-refractivity contribution in [2.24, 2.45) is 0 Å². The van der Waals surface area contributed by atoms with Crippen molar-refractivity contribution in [3.8, 4) is 11.5 Å². The largest absolute Gasteiger partial charge is 0.543 e. The Morgan fingerprint density at radius 1 is 0.706 bits per heavy atom. The summed E-state index contributed by atoms with van der Waals surface area (Å²) in [6, 6.07) is 8.92. The number of carbonyl (C=O) groups excluding carboxylic acids is 2. The first kappa shape index (κ1) is 26.2. The second-order valence-corrected chi connectivity index (χ2v) is 21.5. The molecule has 0 atom stereocenters. The number of carbonyl (C=O) groups is 2. The van der Waals surface area contributed by atoms with Crippen LogP contribution in [0.25, 0.3) is 0 Å². The van der Waals surface area contributed by atoms with Gasteiger partial charge in [0.2, 0.25) is 16.6 Å². The van der Waals surface area contributed by atoms with Crippen LogP contribution in [-0.2, 0) is 0 Å². The molecule has 0 aliphatic carbocycles. The minimum absolute atomic E-state index is 0.0451. The highest BCUT2D eigenvalue weighted by Crippen LogP contribution is 2.43. The fraction of sp³-hybridized carbons (Fsp3) is 0.462. The number of hydrogen-bond acceptors (Lipinski definition) is 4. The minimum Gasteiger partial charge on any atom is -0.543 e. The molecule has 2 amide bonds. The Labute approximate surface area is 204 Å². The maximum absolute atomic E-state index is 13.8. The molecule has 0 fully saturated rings. The molecule has 184 valence electrons. The summed E-state index contributed by atoms with van der Waals surface area (Å²) in [6.45, 7) is 21.4. The number of amides is 2. The molecule has 0 aromatic heterocycles. The molecule has 0 saturated heterocycles. The van der Waals surface area contributed by atoms with Gasteiger partial charge in [0.25, 0.3) is 11.8 Å². The van der Waals surface area contributed by atoms with E-state index in [1.165, 1.54) is 12.1 Å². The predicted octanol–water partition coefficient (Wildman–Crippen LogP) is 7.39. The van der Waals surface area contributed by atoms with E-state index in [-0.39, 0.29) is 21.2 Å². The predicted molar refractivity (Wildman–Crippen MR) is 140 cm³/mol. The fourth-order valence-corrected chi connectivity index (χ4v) is 5.17. The summed E-state index contributed by atoms with van der Waals surface area (Å²) in [5.74, 6) is -0.482. The zero-order valence-electron chi connectivity index (χ0n) is 21.9. The van der Waals surface area contributed by atoms with E-state index in [9.17, 15) is 14.0 Å². The standard InChI is InChI=1S/C26H36FNO4Si2/c1-25(2,3)33(7,8)31-19-14-18(15-20(16-19)32-34(9,10)26(4,5)6)28-23(29)21-12-11-17(27)13-22(21)24(28)30/h11-16H,1-10H3. The number of nitrogens with zero attached hydrogens (tertiary/aromatic N) is 1. The molecule has 0 unspecified atom stereocenters. The molecule has 0 radical (unpaired) electrons. The van der Waals surface area contributed by atoms with Crippen molar-refractivity contribution in [3.63, 3.8) is 0 Å². The lowest BCUT2D eigenvalue weighted by Gasteiger charge is -2.38. The zero-order valence-corrected chi connectivity index (χ0v) is 23.9. The smallest absolute Gasteiger partial charge is 0.266 e. The van der Waals surface area contributed by atoms with Crippen LogP contribution in [0.2, 0.25) is 36.3 Å². The van der Waals surface area contributed by atoms with E-state index in [1.54, 1.807) is 12.1 Å². The van der Waals surface area contributed by atoms with E-state index in [2.05, 4.69) is 67.7 Å². The van der Waals surface area contributed by atoms with Crippen LogP contribution in [0.5, 0.6) is 11.5 Å². The van der Waals surface area contributed by atoms with Crippen LogP contribution in [-0.4, -0.2) is 28.4 Å². The molecule has 34 heavy (non-hydrogen) atoms. The minimum atomic E-state index is -2.21. The van der Waals surface area contributed by atoms with Crippen LogP contribution < -0.4 is 13.8 Å². The van der Waals surface area contributed by atoms with Gasteiger partial charge in [0.1, 0.15) is 17.3 Å². The van der Waals surface area contributed by atoms with Crippen LogP contribution in [0, 0.1) is 5.82 Å². The van der Waals surface area contributed by atoms with Crippen LogP contribution >= 0.6 is 0 Å². The number of fused-ring (bicyclic) bond motifs is 1. The zero-order chi connectivity index (χ0) is 25.9. The maximum Gasteiger partial charge on any atom is 0.266 e. The Balaban J connectivity index is 2.12. The second-order valence-electron chi connectivity index (χ2n) is 12.0. The van der Waals surface area contributed by atoms with Crippen molar-refractivity contribution < 1.29 is 22.8 Å². The topological polar surface area (TPSA) is 55.8 Å². The molecule has 2 aromatic rings. The SMILES string of the molecule is CC(C)(C)[Si](C)(C)Oc1cc(O[Si](C)(C)C(C)(C)C)cc(N2C(=O)c3ccc(F)cc3C2=O)c1. The molecule has 0 bridgehead atoms. The van der Waals surface area contributed by atoms with Crippen molar-refractivity contribution in [1.82, 2.24) is 0 Å². The first-order valence-corrected chi connectivity index (χ1v) is 17.4. The lowest BCUT2D eigenvalue weighted by molar-refractivity contribution is 0.0926. The van der Waals surface area contributed by atoms with Gasteiger partial charge in [-0.2, -0.15) is 0 Å². The van der Waals surface area contributed by atoms with Gasteiger partial charge in [0, 0.05) is 18.2 Å². The van der Waals surface area contributed by atoms with Gasteiger partial charge in [-0.15, -0.1) is 0 Å². The fourth-order valence-electron chi connectivity index (χ4n) is 3.15. The van der Waals surface area contributed by atoms with Gasteiger partial charge in [-0.1, -0.05) is 41.5 Å². The van der Waals surface area contributed by atoms with E-state index in [0.717, 1.165) is 11.0 Å². The van der Waals surface area contributed by atoms with Crippen molar-refractivity contribution in [2.45, 2.75) is 77.8 Å². The average Bonchev–Trinajstić information content (AvgIpc) is 2.89. The molecular weight excluding hydrogens is 465 g/mol. The summed E-state index contributed by atoms with van der Waals surface area (Å²) in [5.41, 5.74) is 0.609. The molecule has 3 rings (SSSR count). The van der Waals surface area contributed by atoms with E-state index in [1.807, 2.05) is 6.07 Å². The Morgan fingerprint density at radius 2 is 1.15 bits per heavy atom. The molecule has 0 spiro atoms.